The number of carboxylic acids is 2. The highest BCUT2D eigenvalue weighted by molar-refractivity contribution is 5.66. The van der Waals surface area contributed by atoms with E-state index in [0.29, 0.717) is 9.13 Å². The van der Waals surface area contributed by atoms with Crippen molar-refractivity contribution in [2.45, 2.75) is 51.7 Å². The SMILES string of the molecule is O=C(O)CCn1c(=O)n(CCC(=O)O)c(=O)n(CC2CCC2)c1=O. The first kappa shape index (κ1) is 17.7. The van der Waals surface area contributed by atoms with E-state index in [1.54, 1.807) is 0 Å². The lowest BCUT2D eigenvalue weighted by Crippen LogP contribution is -2.55. The molecular weight excluding hydrogens is 322 g/mol. The van der Waals surface area contributed by atoms with Crippen LogP contribution in [-0.4, -0.2) is 35.9 Å². The summed E-state index contributed by atoms with van der Waals surface area (Å²) in [6, 6.07) is 0. The second-order valence-corrected chi connectivity index (χ2v) is 5.85. The van der Waals surface area contributed by atoms with Gasteiger partial charge >= 0.3 is 29.0 Å². The first-order valence-electron chi connectivity index (χ1n) is 7.69. The Morgan fingerprint density at radius 2 is 1.25 bits per heavy atom. The van der Waals surface area contributed by atoms with Crippen LogP contribution in [0.2, 0.25) is 0 Å². The van der Waals surface area contributed by atoms with Gasteiger partial charge in [-0.3, -0.25) is 9.59 Å². The van der Waals surface area contributed by atoms with Gasteiger partial charge in [0.25, 0.3) is 0 Å². The van der Waals surface area contributed by atoms with E-state index in [9.17, 15) is 24.0 Å². The highest BCUT2D eigenvalue weighted by atomic mass is 16.4. The molecular formula is C14H19N3O7. The molecule has 132 valence electrons. The first-order chi connectivity index (χ1) is 11.3. The Bertz CT molecular complexity index is 757. The molecule has 1 aliphatic carbocycles. The van der Waals surface area contributed by atoms with Crippen LogP contribution in [0.25, 0.3) is 0 Å². The Hall–Kier alpha value is -2.65. The predicted molar refractivity (Wildman–Crippen MR) is 81.1 cm³/mol. The van der Waals surface area contributed by atoms with E-state index in [2.05, 4.69) is 0 Å². The molecule has 1 aromatic rings. The molecule has 0 radical (unpaired) electrons. The Morgan fingerprint density at radius 3 is 1.58 bits per heavy atom. The van der Waals surface area contributed by atoms with Crippen molar-refractivity contribution in [1.82, 2.24) is 13.7 Å². The van der Waals surface area contributed by atoms with Crippen molar-refractivity contribution in [1.29, 1.82) is 0 Å². The zero-order valence-corrected chi connectivity index (χ0v) is 13.0. The molecule has 0 unspecified atom stereocenters. The molecule has 10 nitrogen and oxygen atoms in total. The van der Waals surface area contributed by atoms with Gasteiger partial charge in [-0.2, -0.15) is 0 Å². The van der Waals surface area contributed by atoms with Crippen LogP contribution in [-0.2, 0) is 29.2 Å². The summed E-state index contributed by atoms with van der Waals surface area (Å²) in [4.78, 5) is 58.5. The summed E-state index contributed by atoms with van der Waals surface area (Å²) in [7, 11) is 0. The van der Waals surface area contributed by atoms with Crippen molar-refractivity contribution in [3.05, 3.63) is 31.5 Å². The molecule has 0 amide bonds. The summed E-state index contributed by atoms with van der Waals surface area (Å²) in [5, 5.41) is 17.5. The molecule has 1 fully saturated rings. The Balaban J connectivity index is 2.49. The van der Waals surface area contributed by atoms with Gasteiger partial charge in [0.1, 0.15) is 0 Å². The van der Waals surface area contributed by atoms with Gasteiger partial charge in [0.05, 0.1) is 12.8 Å². The van der Waals surface area contributed by atoms with Crippen LogP contribution < -0.4 is 17.1 Å². The van der Waals surface area contributed by atoms with Gasteiger partial charge in [-0.1, -0.05) is 6.42 Å². The van der Waals surface area contributed by atoms with E-state index < -0.39 is 41.8 Å². The van der Waals surface area contributed by atoms with E-state index in [-0.39, 0.29) is 25.6 Å². The number of hydrogen-bond acceptors (Lipinski definition) is 5. The van der Waals surface area contributed by atoms with Crippen molar-refractivity contribution in [2.75, 3.05) is 0 Å². The molecule has 2 N–H and O–H groups in total. The van der Waals surface area contributed by atoms with Crippen molar-refractivity contribution in [3.8, 4) is 0 Å². The summed E-state index contributed by atoms with van der Waals surface area (Å²) in [6.07, 6.45) is 1.85. The summed E-state index contributed by atoms with van der Waals surface area (Å²) >= 11 is 0. The maximum Gasteiger partial charge on any atom is 0.336 e. The fraction of sp³-hybridized carbons (Fsp3) is 0.643. The lowest BCUT2D eigenvalue weighted by Gasteiger charge is -2.26. The largest absolute Gasteiger partial charge is 0.481 e. The third-order valence-corrected chi connectivity index (χ3v) is 4.15. The molecule has 0 bridgehead atoms. The molecule has 24 heavy (non-hydrogen) atoms. The monoisotopic (exact) mass is 341 g/mol. The number of rotatable bonds is 8. The maximum atomic E-state index is 12.4. The highest BCUT2D eigenvalue weighted by Crippen LogP contribution is 2.26. The first-order valence-corrected chi connectivity index (χ1v) is 7.69. The number of aromatic nitrogens is 3. The van der Waals surface area contributed by atoms with Crippen LogP contribution >= 0.6 is 0 Å². The van der Waals surface area contributed by atoms with Gasteiger partial charge < -0.3 is 10.2 Å². The minimum Gasteiger partial charge on any atom is -0.481 e. The normalized spacial score (nSPS) is 14.3. The molecule has 0 aliphatic heterocycles. The number of aliphatic carboxylic acids is 2. The van der Waals surface area contributed by atoms with Crippen LogP contribution in [0.5, 0.6) is 0 Å². The van der Waals surface area contributed by atoms with Crippen molar-refractivity contribution in [2.24, 2.45) is 5.92 Å². The lowest BCUT2D eigenvalue weighted by atomic mass is 9.85. The Morgan fingerprint density at radius 1 is 0.833 bits per heavy atom. The summed E-state index contributed by atoms with van der Waals surface area (Å²) in [5.41, 5.74) is -2.66. The van der Waals surface area contributed by atoms with Gasteiger partial charge in [-0.25, -0.2) is 28.1 Å². The zero-order chi connectivity index (χ0) is 17.9. The maximum absolute atomic E-state index is 12.4. The van der Waals surface area contributed by atoms with E-state index in [4.69, 9.17) is 10.2 Å². The molecule has 0 spiro atoms. The number of nitrogens with zero attached hydrogens (tertiary/aromatic N) is 3. The Kier molecular flexibility index (Phi) is 5.37. The highest BCUT2D eigenvalue weighted by Gasteiger charge is 2.23. The smallest absolute Gasteiger partial charge is 0.336 e. The second kappa shape index (κ2) is 7.28. The number of carbonyl (C=O) groups is 2. The lowest BCUT2D eigenvalue weighted by molar-refractivity contribution is -0.138. The topological polar surface area (TPSA) is 141 Å². The standard InChI is InChI=1S/C14H19N3O7/c18-10(19)4-6-15-12(22)16(7-5-11(20)21)14(24)17(13(15)23)8-9-2-1-3-9/h9H,1-8H2,(H,18,19)(H,20,21). The predicted octanol–water partition coefficient (Wildman–Crippen LogP) is -1.08. The molecule has 1 aliphatic rings. The van der Waals surface area contributed by atoms with Gasteiger partial charge in [0.15, 0.2) is 0 Å². The molecule has 0 aromatic carbocycles. The molecule has 0 saturated heterocycles. The fourth-order valence-electron chi connectivity index (χ4n) is 2.57. The van der Waals surface area contributed by atoms with Crippen molar-refractivity contribution < 1.29 is 19.8 Å². The minimum absolute atomic E-state index is 0.151. The molecule has 10 heteroatoms. The van der Waals surface area contributed by atoms with Crippen LogP contribution in [0.3, 0.4) is 0 Å². The molecule has 1 aromatic heterocycles. The summed E-state index contributed by atoms with van der Waals surface area (Å²) < 4.78 is 2.29. The third-order valence-electron chi connectivity index (χ3n) is 4.15. The van der Waals surface area contributed by atoms with E-state index in [1.165, 1.54) is 0 Å². The molecule has 1 saturated carbocycles. The summed E-state index contributed by atoms with van der Waals surface area (Å²) in [6.45, 7) is -0.589. The van der Waals surface area contributed by atoms with Crippen LogP contribution in [0.15, 0.2) is 14.4 Å². The van der Waals surface area contributed by atoms with Gasteiger partial charge in [0, 0.05) is 19.6 Å². The van der Waals surface area contributed by atoms with E-state index in [0.717, 1.165) is 23.8 Å². The molecule has 2 rings (SSSR count). The van der Waals surface area contributed by atoms with Gasteiger partial charge in [-0.05, 0) is 18.8 Å². The van der Waals surface area contributed by atoms with Crippen LogP contribution in [0, 0.1) is 5.92 Å². The second-order valence-electron chi connectivity index (χ2n) is 5.85. The number of hydrogen-bond donors (Lipinski definition) is 2. The van der Waals surface area contributed by atoms with E-state index >= 15 is 0 Å². The summed E-state index contributed by atoms with van der Waals surface area (Å²) in [5.74, 6) is -2.21. The fourth-order valence-corrected chi connectivity index (χ4v) is 2.57. The molecule has 0 atom stereocenters. The third kappa shape index (κ3) is 3.81. The van der Waals surface area contributed by atoms with E-state index in [1.807, 2.05) is 0 Å². The van der Waals surface area contributed by atoms with Crippen molar-refractivity contribution in [3.63, 3.8) is 0 Å². The Labute approximate surface area is 135 Å². The average Bonchev–Trinajstić information content (AvgIpc) is 2.44. The number of carboxylic acid groups (broad SMARTS) is 2. The molecule has 1 heterocycles. The average molecular weight is 341 g/mol. The zero-order valence-electron chi connectivity index (χ0n) is 13.0. The van der Waals surface area contributed by atoms with Crippen LogP contribution in [0.4, 0.5) is 0 Å². The van der Waals surface area contributed by atoms with Gasteiger partial charge in [-0.15, -0.1) is 0 Å². The van der Waals surface area contributed by atoms with Crippen molar-refractivity contribution >= 4 is 11.9 Å². The van der Waals surface area contributed by atoms with Crippen LogP contribution in [0.1, 0.15) is 32.1 Å². The minimum atomic E-state index is -1.19. The van der Waals surface area contributed by atoms with Gasteiger partial charge in [0.2, 0.25) is 0 Å². The quantitative estimate of drug-likeness (QED) is 0.613.